The Balaban J connectivity index is 0.00000225. The van der Waals surface area contributed by atoms with Crippen LogP contribution in [0.25, 0.3) is 11.5 Å². The van der Waals surface area contributed by atoms with Crippen LogP contribution >= 0.6 is 12.4 Å². The number of benzene rings is 1. The fourth-order valence-corrected chi connectivity index (χ4v) is 2.90. The van der Waals surface area contributed by atoms with Gasteiger partial charge in [-0.25, -0.2) is 4.79 Å². The lowest BCUT2D eigenvalue weighted by Crippen LogP contribution is -2.34. The topological polar surface area (TPSA) is 106 Å². The lowest BCUT2D eigenvalue weighted by atomic mass is 9.99. The molecule has 136 valence electrons. The summed E-state index contributed by atoms with van der Waals surface area (Å²) in [4.78, 5) is 16.1. The Morgan fingerprint density at radius 3 is 2.48 bits per heavy atom. The average Bonchev–Trinajstić information content (AvgIpc) is 3.17. The molecule has 25 heavy (non-hydrogen) atoms. The molecule has 2 aromatic rings. The molecule has 1 aliphatic rings. The number of hydrogen-bond donors (Lipinski definition) is 3. The molecule has 0 unspecified atom stereocenters. The molecule has 1 saturated carbocycles. The first-order valence-electron chi connectivity index (χ1n) is 8.27. The molecule has 8 heteroatoms. The van der Waals surface area contributed by atoms with E-state index in [4.69, 9.17) is 10.3 Å². The van der Waals surface area contributed by atoms with Crippen LogP contribution in [-0.4, -0.2) is 22.2 Å². The van der Waals surface area contributed by atoms with Gasteiger partial charge in [-0.1, -0.05) is 18.0 Å². The van der Waals surface area contributed by atoms with Crippen LogP contribution in [0.1, 0.15) is 45.4 Å². The maximum atomic E-state index is 11.7. The Kier molecular flexibility index (Phi) is 6.02. The van der Waals surface area contributed by atoms with E-state index in [1.165, 1.54) is 0 Å². The molecule has 0 radical (unpaired) electrons. The molecule has 1 aliphatic carbocycles. The Morgan fingerprint density at radius 1 is 1.24 bits per heavy atom. The number of halogens is 1. The zero-order valence-electron chi connectivity index (χ0n) is 14.4. The van der Waals surface area contributed by atoms with Gasteiger partial charge in [0.15, 0.2) is 5.82 Å². The number of urea groups is 1. The van der Waals surface area contributed by atoms with Crippen LogP contribution in [0.5, 0.6) is 0 Å². The number of carbonyl (C=O) groups is 1. The SMILES string of the molecule is CC(C)NC(=O)Nc1ccc(-c2nc(C3(N)CCCC3)no2)cc1.Cl. The summed E-state index contributed by atoms with van der Waals surface area (Å²) in [6.07, 6.45) is 3.97. The first kappa shape index (κ1) is 19.2. The van der Waals surface area contributed by atoms with E-state index < -0.39 is 5.54 Å². The van der Waals surface area contributed by atoms with Crippen molar-refractivity contribution in [1.82, 2.24) is 15.5 Å². The molecular weight excluding hydrogens is 342 g/mol. The van der Waals surface area contributed by atoms with Crippen molar-refractivity contribution < 1.29 is 9.32 Å². The number of nitrogens with two attached hydrogens (primary N) is 1. The largest absolute Gasteiger partial charge is 0.336 e. The van der Waals surface area contributed by atoms with Crippen LogP contribution in [0.15, 0.2) is 28.8 Å². The zero-order valence-corrected chi connectivity index (χ0v) is 15.2. The molecule has 7 nitrogen and oxygen atoms in total. The van der Waals surface area contributed by atoms with E-state index in [2.05, 4.69) is 20.8 Å². The van der Waals surface area contributed by atoms with Gasteiger partial charge in [0.1, 0.15) is 0 Å². The van der Waals surface area contributed by atoms with Crippen molar-refractivity contribution in [2.24, 2.45) is 5.73 Å². The Hall–Kier alpha value is -2.12. The average molecular weight is 366 g/mol. The number of rotatable bonds is 4. The Bertz CT molecular complexity index is 708. The highest BCUT2D eigenvalue weighted by Gasteiger charge is 2.36. The van der Waals surface area contributed by atoms with Crippen LogP contribution in [0.4, 0.5) is 10.5 Å². The van der Waals surface area contributed by atoms with E-state index >= 15 is 0 Å². The molecule has 0 spiro atoms. The van der Waals surface area contributed by atoms with Crippen molar-refractivity contribution in [2.75, 3.05) is 5.32 Å². The van der Waals surface area contributed by atoms with Gasteiger partial charge in [0.2, 0.25) is 0 Å². The van der Waals surface area contributed by atoms with Crippen molar-refractivity contribution in [2.45, 2.75) is 51.1 Å². The minimum Gasteiger partial charge on any atom is -0.336 e. The molecule has 2 amide bonds. The zero-order chi connectivity index (χ0) is 17.2. The second-order valence-corrected chi connectivity index (χ2v) is 6.62. The summed E-state index contributed by atoms with van der Waals surface area (Å²) < 4.78 is 5.36. The van der Waals surface area contributed by atoms with Gasteiger partial charge in [-0.2, -0.15) is 4.98 Å². The van der Waals surface area contributed by atoms with E-state index in [0.29, 0.717) is 17.4 Å². The van der Waals surface area contributed by atoms with Crippen LogP contribution in [-0.2, 0) is 5.54 Å². The van der Waals surface area contributed by atoms with Crippen molar-refractivity contribution in [3.8, 4) is 11.5 Å². The number of anilines is 1. The van der Waals surface area contributed by atoms with Gasteiger partial charge < -0.3 is 20.9 Å². The second kappa shape index (κ2) is 7.84. The normalized spacial score (nSPS) is 15.7. The van der Waals surface area contributed by atoms with Gasteiger partial charge in [0.05, 0.1) is 5.54 Å². The molecule has 0 bridgehead atoms. The minimum absolute atomic E-state index is 0. The van der Waals surface area contributed by atoms with Crippen molar-refractivity contribution >= 4 is 24.1 Å². The van der Waals surface area contributed by atoms with Crippen molar-refractivity contribution in [3.05, 3.63) is 30.1 Å². The summed E-state index contributed by atoms with van der Waals surface area (Å²) in [6, 6.07) is 7.12. The summed E-state index contributed by atoms with van der Waals surface area (Å²) in [5, 5.41) is 9.60. The van der Waals surface area contributed by atoms with E-state index in [-0.39, 0.29) is 24.5 Å². The van der Waals surface area contributed by atoms with E-state index in [0.717, 1.165) is 31.2 Å². The van der Waals surface area contributed by atoms with Gasteiger partial charge in [0, 0.05) is 17.3 Å². The molecule has 1 aromatic heterocycles. The van der Waals surface area contributed by atoms with Gasteiger partial charge in [-0.3, -0.25) is 0 Å². The summed E-state index contributed by atoms with van der Waals surface area (Å²) in [6.45, 7) is 3.81. The fraction of sp³-hybridized carbons (Fsp3) is 0.471. The number of amides is 2. The second-order valence-electron chi connectivity index (χ2n) is 6.62. The van der Waals surface area contributed by atoms with E-state index in [1.807, 2.05) is 26.0 Å². The smallest absolute Gasteiger partial charge is 0.319 e. The highest BCUT2D eigenvalue weighted by atomic mass is 35.5. The highest BCUT2D eigenvalue weighted by Crippen LogP contribution is 2.35. The molecule has 0 saturated heterocycles. The Labute approximate surface area is 153 Å². The number of hydrogen-bond acceptors (Lipinski definition) is 5. The molecule has 1 fully saturated rings. The number of aromatic nitrogens is 2. The number of carbonyl (C=O) groups excluding carboxylic acids is 1. The summed E-state index contributed by atoms with van der Waals surface area (Å²) in [5.74, 6) is 1.02. The molecule has 1 heterocycles. The lowest BCUT2D eigenvalue weighted by molar-refractivity contribution is 0.250. The standard InChI is InChI=1S/C17H23N5O2.ClH/c1-11(2)19-16(23)20-13-7-5-12(6-8-13)14-21-15(22-24-14)17(18)9-3-4-10-17;/h5-8,11H,3-4,9-10,18H2,1-2H3,(H2,19,20,23);1H. The van der Waals surface area contributed by atoms with Crippen molar-refractivity contribution in [1.29, 1.82) is 0 Å². The molecule has 4 N–H and O–H groups in total. The third-order valence-corrected chi connectivity index (χ3v) is 4.18. The highest BCUT2D eigenvalue weighted by molar-refractivity contribution is 5.89. The van der Waals surface area contributed by atoms with Crippen LogP contribution in [0.2, 0.25) is 0 Å². The maximum absolute atomic E-state index is 11.7. The molecule has 1 aromatic carbocycles. The molecular formula is C17H24ClN5O2. The quantitative estimate of drug-likeness (QED) is 0.769. The monoisotopic (exact) mass is 365 g/mol. The van der Waals surface area contributed by atoms with Crippen LogP contribution in [0, 0.1) is 0 Å². The van der Waals surface area contributed by atoms with Gasteiger partial charge in [0.25, 0.3) is 5.89 Å². The van der Waals surface area contributed by atoms with E-state index in [1.54, 1.807) is 12.1 Å². The summed E-state index contributed by atoms with van der Waals surface area (Å²) in [7, 11) is 0. The van der Waals surface area contributed by atoms with Crippen LogP contribution < -0.4 is 16.4 Å². The first-order valence-corrected chi connectivity index (χ1v) is 8.27. The van der Waals surface area contributed by atoms with Gasteiger partial charge >= 0.3 is 6.03 Å². The van der Waals surface area contributed by atoms with Gasteiger partial charge in [-0.15, -0.1) is 12.4 Å². The minimum atomic E-state index is -0.460. The molecule has 0 aliphatic heterocycles. The first-order chi connectivity index (χ1) is 11.5. The predicted molar refractivity (Wildman–Crippen MR) is 98.6 cm³/mol. The number of nitrogens with zero attached hydrogens (tertiary/aromatic N) is 2. The third kappa shape index (κ3) is 4.49. The van der Waals surface area contributed by atoms with Crippen LogP contribution in [0.3, 0.4) is 0 Å². The molecule has 3 rings (SSSR count). The summed E-state index contributed by atoms with van der Waals surface area (Å²) >= 11 is 0. The maximum Gasteiger partial charge on any atom is 0.319 e. The molecule has 0 atom stereocenters. The lowest BCUT2D eigenvalue weighted by Gasteiger charge is -2.17. The predicted octanol–water partition coefficient (Wildman–Crippen LogP) is 3.42. The third-order valence-electron chi connectivity index (χ3n) is 4.18. The summed E-state index contributed by atoms with van der Waals surface area (Å²) in [5.41, 5.74) is 7.38. The number of nitrogens with one attached hydrogen (secondary N) is 2. The van der Waals surface area contributed by atoms with Crippen molar-refractivity contribution in [3.63, 3.8) is 0 Å². The fourth-order valence-electron chi connectivity index (χ4n) is 2.90. The Morgan fingerprint density at radius 2 is 1.88 bits per heavy atom. The van der Waals surface area contributed by atoms with Gasteiger partial charge in [-0.05, 0) is 51.0 Å². The van der Waals surface area contributed by atoms with E-state index in [9.17, 15) is 4.79 Å².